The van der Waals surface area contributed by atoms with Gasteiger partial charge in [0.05, 0.1) is 0 Å². The normalized spacial score (nSPS) is 24.7. The zero-order valence-corrected chi connectivity index (χ0v) is 78.1. The van der Waals surface area contributed by atoms with Gasteiger partial charge in [-0.05, 0) is 51.4 Å². The van der Waals surface area contributed by atoms with Gasteiger partial charge in [-0.15, -0.1) is 0 Å². The molecule has 8 unspecified atom stereocenters. The Labute approximate surface area is 769 Å². The fourth-order valence-corrected chi connectivity index (χ4v) is 14.5. The van der Waals surface area contributed by atoms with Crippen LogP contribution in [0.5, 0.6) is 0 Å². The van der Waals surface area contributed by atoms with Gasteiger partial charge in [0.25, 0.3) is 0 Å². The summed E-state index contributed by atoms with van der Waals surface area (Å²) in [5, 5.41) is 19.4. The predicted molar refractivity (Wildman–Crippen MR) is 447 cm³/mol. The Bertz CT molecular complexity index is 3650. The summed E-state index contributed by atoms with van der Waals surface area (Å²) in [6, 6.07) is -5.03. The van der Waals surface area contributed by atoms with Crippen LogP contribution >= 0.6 is 0 Å². The fourth-order valence-electron chi connectivity index (χ4n) is 14.5. The maximum Gasteiger partial charge on any atom is 0.303 e. The van der Waals surface area contributed by atoms with E-state index >= 15 is 0 Å². The lowest BCUT2D eigenvalue weighted by Crippen LogP contribution is -2.66. The maximum atomic E-state index is 14.4. The van der Waals surface area contributed by atoms with Crippen LogP contribution in [0.25, 0.3) is 0 Å². The number of unbranched alkanes of at least 4 members (excludes halogenated alkanes) is 4. The minimum absolute atomic E-state index is 0.0244. The quantitative estimate of drug-likeness (QED) is 0.0194. The molecule has 4 saturated heterocycles. The van der Waals surface area contributed by atoms with Gasteiger partial charge in [0.1, 0.15) is 75.0 Å². The van der Waals surface area contributed by atoms with Crippen molar-refractivity contribution in [2.75, 3.05) is 105 Å². The van der Waals surface area contributed by atoms with Crippen molar-refractivity contribution >= 4 is 119 Å². The molecule has 4 heterocycles. The SMILES string of the molecule is CC(=O)NC1[C@H](OCCCCC(=O)NCCN(CCNCCN(CCNC(=O)CCCCO[C@@H]2OC(COC(C)=O)[C@H](OC(C)=O)[C@H](OC(C)=O)C2NC(C)=O)C(=O)CCCCO[C@@H]2OC(COC(C)=O)[C@H](OC(C)=O)[C@H](OC(C)=O)C2NC(C)=O)C(=O)CCCCO[C@@H]2OC(COC(C)=O)[C@H](OC(C)=O)[C@H](OC(C)=O)C2NC(C)=O)OC(COC(C)=O)[C@H](OC(C)=O)[C@@H]1OC(C)=O. The third-order valence-electron chi connectivity index (χ3n) is 19.8. The van der Waals surface area contributed by atoms with E-state index in [0.717, 1.165) is 83.1 Å². The summed E-state index contributed by atoms with van der Waals surface area (Å²) in [7, 11) is 0. The van der Waals surface area contributed by atoms with Gasteiger partial charge in [-0.25, -0.2) is 0 Å². The Morgan fingerprint density at radius 2 is 0.451 bits per heavy atom. The van der Waals surface area contributed by atoms with Gasteiger partial charge in [0, 0.05) is 215 Å². The van der Waals surface area contributed by atoms with Gasteiger partial charge < -0.3 is 142 Å². The lowest BCUT2D eigenvalue weighted by molar-refractivity contribution is -0.277. The van der Waals surface area contributed by atoms with Crippen LogP contribution < -0.4 is 37.2 Å². The van der Waals surface area contributed by atoms with Crippen molar-refractivity contribution in [2.24, 2.45) is 0 Å². The molecule has 0 aromatic carbocycles. The van der Waals surface area contributed by atoms with Crippen LogP contribution in [0.1, 0.15) is 188 Å². The number of hydrogen-bond donors (Lipinski definition) is 7. The van der Waals surface area contributed by atoms with Crippen molar-refractivity contribution in [3.63, 3.8) is 0 Å². The Morgan fingerprint density at radius 1 is 0.248 bits per heavy atom. The van der Waals surface area contributed by atoms with E-state index in [9.17, 15) is 95.9 Å². The first-order valence-corrected chi connectivity index (χ1v) is 43.7. The second-order valence-electron chi connectivity index (χ2n) is 31.4. The monoisotopic (exact) mass is 1910 g/mol. The zero-order valence-electron chi connectivity index (χ0n) is 78.1. The standard InChI is InChI=1S/C84H131N9O40/c1-45(94)88-69-77(126-57(13)106)73(122-53(9)102)61(41-118-49(5)98)130-81(69)114-37-21-17-25-65(110)86-31-35-92(67(112)27-19-23-39-116-83-71(90-47(3)96)79(128-59(15)108)75(124-55(11)104)63(132-83)43-120-51(7)100)33-29-85-30-34-93(68(113)28-20-24-40-117-84-72(91-48(4)97)80(129-60(16)109)76(125-56(12)105)64(133-84)44-121-52(8)101)36-32-87-66(111)26-18-22-38-115-82-70(89-46(2)95)78(127-58(14)107)74(123-54(10)103)62(131-82)42-119-50(6)99/h61-64,69-85H,17-44H2,1-16H3,(H,86,110)(H,87,111)(H,88,94)(H,89,95)(H,90,96)(H,91,97)/t61?,62?,63?,64?,69?,70?,71?,72?,73-,74-,75-,76-,77+,78+,79+,80+,81+,82+,83+,84+/m0/s1. The highest BCUT2D eigenvalue weighted by molar-refractivity contribution is 5.80. The first kappa shape index (κ1) is 114. The molecule has 4 aliphatic heterocycles. The first-order chi connectivity index (χ1) is 62.8. The van der Waals surface area contributed by atoms with Crippen LogP contribution in [0.15, 0.2) is 0 Å². The lowest BCUT2D eigenvalue weighted by Gasteiger charge is -2.44. The summed E-state index contributed by atoms with van der Waals surface area (Å²) in [5.41, 5.74) is 0. The van der Waals surface area contributed by atoms with E-state index in [1.807, 2.05) is 0 Å². The number of hydrogen-bond acceptors (Lipinski definition) is 41. The summed E-state index contributed by atoms with van der Waals surface area (Å²) < 4.78 is 114. The molecule has 7 N–H and O–H groups in total. The van der Waals surface area contributed by atoms with Crippen molar-refractivity contribution in [3.05, 3.63) is 0 Å². The minimum atomic E-state index is -1.41. The number of nitrogens with zero attached hydrogens (tertiary/aromatic N) is 2. The molecule has 0 saturated carbocycles. The van der Waals surface area contributed by atoms with E-state index in [1.165, 1.54) is 37.5 Å². The minimum Gasteiger partial charge on any atom is -0.463 e. The molecule has 0 radical (unpaired) electrons. The lowest BCUT2D eigenvalue weighted by atomic mass is 9.96. The highest BCUT2D eigenvalue weighted by Crippen LogP contribution is 2.34. The Kier molecular flexibility index (Phi) is 51.9. The van der Waals surface area contributed by atoms with Gasteiger partial charge in [-0.3, -0.25) is 95.9 Å². The molecular formula is C84H131N9O40. The third-order valence-corrected chi connectivity index (χ3v) is 19.8. The summed E-state index contributed by atoms with van der Waals surface area (Å²) in [6.45, 7) is 15.6. The zero-order chi connectivity index (χ0) is 99.1. The predicted octanol–water partition coefficient (Wildman–Crippen LogP) is -2.16. The van der Waals surface area contributed by atoms with Crippen LogP contribution in [0.3, 0.4) is 0 Å². The molecule has 8 amide bonds. The Hall–Kier alpha value is -11.0. The average molecular weight is 1910 g/mol. The largest absolute Gasteiger partial charge is 0.463 e. The number of carbonyl (C=O) groups excluding carboxylic acids is 20. The number of esters is 12. The first-order valence-electron chi connectivity index (χ1n) is 43.7. The van der Waals surface area contributed by atoms with Gasteiger partial charge >= 0.3 is 71.6 Å². The molecule has 0 bridgehead atoms. The molecule has 4 fully saturated rings. The second kappa shape index (κ2) is 60.3. The van der Waals surface area contributed by atoms with Crippen LogP contribution in [0.4, 0.5) is 0 Å². The van der Waals surface area contributed by atoms with E-state index < -0.39 is 268 Å². The number of nitrogens with one attached hydrogen (secondary N) is 7. The summed E-state index contributed by atoms with van der Waals surface area (Å²) in [5.74, 6) is -13.5. The molecule has 0 spiro atoms. The third kappa shape index (κ3) is 44.2. The molecule has 133 heavy (non-hydrogen) atoms. The summed E-state index contributed by atoms with van der Waals surface area (Å²) in [6.07, 6.45) is -20.4. The highest BCUT2D eigenvalue weighted by atomic mass is 16.7. The molecule has 4 aliphatic rings. The van der Waals surface area contributed by atoms with E-state index in [1.54, 1.807) is 0 Å². The Morgan fingerprint density at radius 3 is 0.654 bits per heavy atom. The van der Waals surface area contributed by atoms with E-state index in [-0.39, 0.29) is 156 Å². The Balaban J connectivity index is 1.57. The van der Waals surface area contributed by atoms with Crippen molar-refractivity contribution in [3.8, 4) is 0 Å². The number of rotatable bonds is 56. The number of amides is 8. The van der Waals surface area contributed by atoms with E-state index in [4.69, 9.17) is 94.7 Å². The van der Waals surface area contributed by atoms with Gasteiger partial charge in [-0.1, -0.05) is 0 Å². The average Bonchev–Trinajstić information content (AvgIpc) is 0.801. The van der Waals surface area contributed by atoms with E-state index in [2.05, 4.69) is 37.2 Å². The molecule has 0 aliphatic carbocycles. The smallest absolute Gasteiger partial charge is 0.303 e. The fraction of sp³-hybridized carbons (Fsp3) is 0.762. The molecule has 4 rings (SSSR count). The molecule has 0 aromatic rings. The topological polar surface area (TPSA) is 617 Å². The van der Waals surface area contributed by atoms with Crippen LogP contribution in [0.2, 0.25) is 0 Å². The van der Waals surface area contributed by atoms with Crippen LogP contribution in [-0.2, 0) is 191 Å². The van der Waals surface area contributed by atoms with Crippen molar-refractivity contribution < 1.29 is 191 Å². The van der Waals surface area contributed by atoms with Crippen LogP contribution in [-0.4, -0.2) is 356 Å². The van der Waals surface area contributed by atoms with Crippen molar-refractivity contribution in [1.82, 2.24) is 47.0 Å². The van der Waals surface area contributed by atoms with Crippen LogP contribution in [0, 0.1) is 0 Å². The summed E-state index contributed by atoms with van der Waals surface area (Å²) >= 11 is 0. The maximum absolute atomic E-state index is 14.4. The molecular weight excluding hydrogens is 1770 g/mol. The van der Waals surface area contributed by atoms with Crippen molar-refractivity contribution in [2.45, 2.75) is 310 Å². The number of carbonyl (C=O) groups is 20. The molecule has 20 atom stereocenters. The van der Waals surface area contributed by atoms with Gasteiger partial charge in [-0.2, -0.15) is 0 Å². The molecule has 0 aromatic heterocycles. The van der Waals surface area contributed by atoms with Gasteiger partial charge in [0.2, 0.25) is 47.3 Å². The molecule has 49 nitrogen and oxygen atoms in total. The molecule has 49 heteroatoms. The molecule has 752 valence electrons. The van der Waals surface area contributed by atoms with E-state index in [0.29, 0.717) is 0 Å². The van der Waals surface area contributed by atoms with Gasteiger partial charge in [0.15, 0.2) is 74.0 Å². The second-order valence-corrected chi connectivity index (χ2v) is 31.4. The number of ether oxygens (including phenoxy) is 20. The van der Waals surface area contributed by atoms with Crippen molar-refractivity contribution in [1.29, 1.82) is 0 Å². The summed E-state index contributed by atoms with van der Waals surface area (Å²) in [4.78, 5) is 256. The highest BCUT2D eigenvalue weighted by Gasteiger charge is 2.56.